The number of amides is 1. The van der Waals surface area contributed by atoms with Gasteiger partial charge in [0, 0.05) is 42.5 Å². The number of nitrogens with zero attached hydrogens (tertiary/aromatic N) is 2. The molecule has 1 aliphatic heterocycles. The number of nitro benzene ring substituents is 1. The van der Waals surface area contributed by atoms with E-state index in [0.717, 1.165) is 5.69 Å². The second kappa shape index (κ2) is 7.95. The number of non-ortho nitro benzene ring substituents is 1. The number of carbonyl (C=O) groups excluding carboxylic acids is 1. The molecule has 0 aliphatic carbocycles. The molecule has 0 aromatic heterocycles. The van der Waals surface area contributed by atoms with Crippen molar-refractivity contribution in [2.75, 3.05) is 23.3 Å². The van der Waals surface area contributed by atoms with E-state index in [0.29, 0.717) is 31.6 Å². The van der Waals surface area contributed by atoms with E-state index < -0.39 is 14.9 Å². The summed E-state index contributed by atoms with van der Waals surface area (Å²) in [6.07, 6.45) is 1.30. The summed E-state index contributed by atoms with van der Waals surface area (Å²) < 4.78 is 22.5. The Morgan fingerprint density at radius 3 is 2.14 bits per heavy atom. The molecule has 1 heterocycles. The van der Waals surface area contributed by atoms with E-state index in [1.54, 1.807) is 12.1 Å². The van der Waals surface area contributed by atoms with E-state index in [1.807, 2.05) is 0 Å². The first-order chi connectivity index (χ1) is 13.2. The average molecular weight is 404 g/mol. The van der Waals surface area contributed by atoms with Gasteiger partial charge >= 0.3 is 0 Å². The van der Waals surface area contributed by atoms with Crippen LogP contribution in [0.3, 0.4) is 0 Å². The molecule has 1 saturated heterocycles. The smallest absolute Gasteiger partial charge is 0.269 e. The molecule has 0 bridgehead atoms. The van der Waals surface area contributed by atoms with Crippen LogP contribution < -0.4 is 15.4 Å². The number of nitrogens with two attached hydrogens (primary N) is 1. The van der Waals surface area contributed by atoms with Gasteiger partial charge in [-0.25, -0.2) is 13.6 Å². The van der Waals surface area contributed by atoms with Gasteiger partial charge in [0.2, 0.25) is 15.9 Å². The van der Waals surface area contributed by atoms with Crippen LogP contribution >= 0.6 is 0 Å². The summed E-state index contributed by atoms with van der Waals surface area (Å²) >= 11 is 0. The first-order valence-electron chi connectivity index (χ1n) is 8.67. The minimum Gasteiger partial charge on any atom is -0.371 e. The van der Waals surface area contributed by atoms with Gasteiger partial charge in [-0.3, -0.25) is 14.9 Å². The molecular weight excluding hydrogens is 384 g/mol. The van der Waals surface area contributed by atoms with Gasteiger partial charge in [0.1, 0.15) is 0 Å². The molecule has 0 spiro atoms. The normalized spacial score (nSPS) is 15.2. The Morgan fingerprint density at radius 2 is 1.64 bits per heavy atom. The number of primary sulfonamides is 1. The molecule has 2 aromatic carbocycles. The Morgan fingerprint density at radius 1 is 1.07 bits per heavy atom. The number of anilines is 2. The van der Waals surface area contributed by atoms with Crippen LogP contribution in [0.15, 0.2) is 53.4 Å². The molecule has 10 heteroatoms. The summed E-state index contributed by atoms with van der Waals surface area (Å²) in [5.74, 6) is -0.279. The predicted octanol–water partition coefficient (Wildman–Crippen LogP) is 2.10. The Kier molecular flexibility index (Phi) is 5.61. The van der Waals surface area contributed by atoms with Crippen LogP contribution in [0, 0.1) is 16.0 Å². The summed E-state index contributed by atoms with van der Waals surface area (Å²) in [7, 11) is -3.76. The Labute approximate surface area is 162 Å². The summed E-state index contributed by atoms with van der Waals surface area (Å²) in [5, 5.41) is 18.6. The number of sulfonamides is 1. The summed E-state index contributed by atoms with van der Waals surface area (Å²) in [6.45, 7) is 1.33. The minimum atomic E-state index is -3.76. The van der Waals surface area contributed by atoms with Crippen molar-refractivity contribution in [1.29, 1.82) is 0 Å². The first-order valence-corrected chi connectivity index (χ1v) is 10.2. The van der Waals surface area contributed by atoms with E-state index >= 15 is 0 Å². The molecule has 0 atom stereocenters. The highest BCUT2D eigenvalue weighted by Crippen LogP contribution is 2.26. The van der Waals surface area contributed by atoms with Gasteiger partial charge in [-0.1, -0.05) is 0 Å². The summed E-state index contributed by atoms with van der Waals surface area (Å²) in [6, 6.07) is 12.1. The lowest BCUT2D eigenvalue weighted by Gasteiger charge is -2.33. The van der Waals surface area contributed by atoms with Gasteiger partial charge in [-0.2, -0.15) is 0 Å². The Hall–Kier alpha value is -2.98. The standard InChI is InChI=1S/C18H20N4O5S/c19-28(26,27)17-7-1-14(2-8-17)20-18(23)13-9-11-21(12-10-13)15-3-5-16(6-4-15)22(24)25/h1-8,13H,9-12H2,(H,20,23)(H2,19,26,27). The maximum Gasteiger partial charge on any atom is 0.269 e. The molecule has 148 valence electrons. The van der Waals surface area contributed by atoms with E-state index in [9.17, 15) is 23.3 Å². The fourth-order valence-corrected chi connectivity index (χ4v) is 3.67. The highest BCUT2D eigenvalue weighted by atomic mass is 32.2. The van der Waals surface area contributed by atoms with Crippen LogP contribution in [-0.2, 0) is 14.8 Å². The summed E-state index contributed by atoms with van der Waals surface area (Å²) in [5.41, 5.74) is 1.45. The SMILES string of the molecule is NS(=O)(=O)c1ccc(NC(=O)C2CCN(c3ccc([N+](=O)[O-])cc3)CC2)cc1. The van der Waals surface area contributed by atoms with Crippen LogP contribution in [0.25, 0.3) is 0 Å². The van der Waals surface area contributed by atoms with Gasteiger partial charge in [0.15, 0.2) is 0 Å². The molecule has 28 heavy (non-hydrogen) atoms. The number of nitrogens with one attached hydrogen (secondary N) is 1. The number of hydrogen-bond donors (Lipinski definition) is 2. The lowest BCUT2D eigenvalue weighted by atomic mass is 9.95. The van der Waals surface area contributed by atoms with Gasteiger partial charge in [0.05, 0.1) is 9.82 Å². The molecule has 3 rings (SSSR count). The van der Waals surface area contributed by atoms with E-state index in [2.05, 4.69) is 10.2 Å². The summed E-state index contributed by atoms with van der Waals surface area (Å²) in [4.78, 5) is 24.8. The molecule has 3 N–H and O–H groups in total. The van der Waals surface area contributed by atoms with E-state index in [-0.39, 0.29) is 22.4 Å². The van der Waals surface area contributed by atoms with Gasteiger partial charge in [0.25, 0.3) is 5.69 Å². The fraction of sp³-hybridized carbons (Fsp3) is 0.278. The van der Waals surface area contributed by atoms with Crippen LogP contribution in [0.1, 0.15) is 12.8 Å². The topological polar surface area (TPSA) is 136 Å². The lowest BCUT2D eigenvalue weighted by Crippen LogP contribution is -2.38. The average Bonchev–Trinajstić information content (AvgIpc) is 2.68. The van der Waals surface area contributed by atoms with Gasteiger partial charge in [-0.15, -0.1) is 0 Å². The number of hydrogen-bond acceptors (Lipinski definition) is 6. The zero-order valence-electron chi connectivity index (χ0n) is 14.9. The second-order valence-electron chi connectivity index (χ2n) is 6.59. The van der Waals surface area contributed by atoms with Crippen LogP contribution in [0.2, 0.25) is 0 Å². The van der Waals surface area contributed by atoms with Crippen molar-refractivity contribution < 1.29 is 18.1 Å². The van der Waals surface area contributed by atoms with Crippen LogP contribution in [-0.4, -0.2) is 32.3 Å². The van der Waals surface area contributed by atoms with Gasteiger partial charge in [-0.05, 0) is 49.2 Å². The molecule has 1 amide bonds. The van der Waals surface area contributed by atoms with Crippen molar-refractivity contribution in [3.63, 3.8) is 0 Å². The predicted molar refractivity (Wildman–Crippen MR) is 104 cm³/mol. The Bertz CT molecular complexity index is 966. The molecular formula is C18H20N4O5S. The molecule has 2 aromatic rings. The lowest BCUT2D eigenvalue weighted by molar-refractivity contribution is -0.384. The zero-order valence-corrected chi connectivity index (χ0v) is 15.8. The van der Waals surface area contributed by atoms with E-state index in [4.69, 9.17) is 5.14 Å². The maximum absolute atomic E-state index is 12.5. The maximum atomic E-state index is 12.5. The molecule has 1 aliphatic rings. The van der Waals surface area contributed by atoms with Crippen molar-refractivity contribution in [2.45, 2.75) is 17.7 Å². The van der Waals surface area contributed by atoms with Crippen LogP contribution in [0.4, 0.5) is 17.1 Å². The highest BCUT2D eigenvalue weighted by molar-refractivity contribution is 7.89. The second-order valence-corrected chi connectivity index (χ2v) is 8.15. The zero-order chi connectivity index (χ0) is 20.3. The molecule has 0 unspecified atom stereocenters. The van der Waals surface area contributed by atoms with Crippen molar-refractivity contribution in [3.05, 3.63) is 58.6 Å². The fourth-order valence-electron chi connectivity index (χ4n) is 3.16. The van der Waals surface area contributed by atoms with Crippen molar-refractivity contribution in [3.8, 4) is 0 Å². The molecule has 1 fully saturated rings. The quantitative estimate of drug-likeness (QED) is 0.578. The molecule has 0 saturated carbocycles. The molecule has 0 radical (unpaired) electrons. The number of nitro groups is 1. The van der Waals surface area contributed by atoms with Crippen molar-refractivity contribution in [1.82, 2.24) is 0 Å². The van der Waals surface area contributed by atoms with E-state index in [1.165, 1.54) is 36.4 Å². The largest absolute Gasteiger partial charge is 0.371 e. The third-order valence-corrected chi connectivity index (χ3v) is 5.67. The monoisotopic (exact) mass is 404 g/mol. The highest BCUT2D eigenvalue weighted by Gasteiger charge is 2.25. The number of rotatable bonds is 5. The van der Waals surface area contributed by atoms with Crippen LogP contribution in [0.5, 0.6) is 0 Å². The number of carbonyl (C=O) groups is 1. The van der Waals surface area contributed by atoms with Gasteiger partial charge < -0.3 is 10.2 Å². The number of piperidine rings is 1. The third-order valence-electron chi connectivity index (χ3n) is 4.74. The first kappa shape index (κ1) is 19.8. The van der Waals surface area contributed by atoms with Crippen molar-refractivity contribution in [2.24, 2.45) is 11.1 Å². The number of benzene rings is 2. The minimum absolute atomic E-state index is 0.0121. The van der Waals surface area contributed by atoms with Crippen molar-refractivity contribution >= 4 is 33.0 Å². The molecule has 9 nitrogen and oxygen atoms in total. The Balaban J connectivity index is 1.55. The third kappa shape index (κ3) is 4.65.